The van der Waals surface area contributed by atoms with Crippen LogP contribution in [0.5, 0.6) is 0 Å². The molecule has 0 aliphatic rings. The zero-order valence-electron chi connectivity index (χ0n) is 9.05. The van der Waals surface area contributed by atoms with Gasteiger partial charge >= 0.3 is 12.1 Å². The van der Waals surface area contributed by atoms with Gasteiger partial charge in [0.1, 0.15) is 5.69 Å². The lowest BCUT2D eigenvalue weighted by atomic mass is 10.0. The van der Waals surface area contributed by atoms with Crippen LogP contribution in [0, 0.1) is 6.92 Å². The molecule has 0 atom stereocenters. The van der Waals surface area contributed by atoms with Crippen LogP contribution in [0.4, 0.5) is 22.0 Å². The molecule has 0 unspecified atom stereocenters. The second kappa shape index (κ2) is 4.87. The zero-order valence-corrected chi connectivity index (χ0v) is 9.05. The molecule has 8 heteroatoms. The van der Waals surface area contributed by atoms with Crippen molar-refractivity contribution >= 4 is 5.97 Å². The molecule has 0 aliphatic heterocycles. The Kier molecular flexibility index (Phi) is 3.88. The minimum atomic E-state index is -5.00. The minimum absolute atomic E-state index is 0.152. The molecule has 1 aromatic heterocycles. The number of alkyl halides is 5. The average molecular weight is 269 g/mol. The van der Waals surface area contributed by atoms with E-state index in [4.69, 9.17) is 5.11 Å². The maximum Gasteiger partial charge on any atom is 0.418 e. The second-order valence-electron chi connectivity index (χ2n) is 3.53. The number of hydrogen-bond acceptors (Lipinski definition) is 2. The first-order chi connectivity index (χ1) is 8.12. The Bertz CT molecular complexity index is 470. The summed E-state index contributed by atoms with van der Waals surface area (Å²) in [6.45, 7) is 1.18. The molecule has 0 aromatic carbocycles. The summed E-state index contributed by atoms with van der Waals surface area (Å²) in [6, 6.07) is 0.415. The smallest absolute Gasteiger partial charge is 0.418 e. The third-order valence-corrected chi connectivity index (χ3v) is 2.20. The second-order valence-corrected chi connectivity index (χ2v) is 3.53. The fourth-order valence-corrected chi connectivity index (χ4v) is 1.40. The van der Waals surface area contributed by atoms with E-state index in [0.29, 0.717) is 6.07 Å². The molecular weight excluding hydrogens is 261 g/mol. The number of aromatic nitrogens is 1. The number of aliphatic carboxylic acids is 1. The first-order valence-electron chi connectivity index (χ1n) is 4.70. The van der Waals surface area contributed by atoms with Crippen LogP contribution < -0.4 is 0 Å². The van der Waals surface area contributed by atoms with E-state index in [-0.39, 0.29) is 11.3 Å². The molecule has 0 saturated carbocycles. The summed E-state index contributed by atoms with van der Waals surface area (Å²) in [5.74, 6) is -1.36. The summed E-state index contributed by atoms with van der Waals surface area (Å²) in [5.41, 5.74) is -3.37. The van der Waals surface area contributed by atoms with E-state index in [2.05, 4.69) is 4.98 Å². The van der Waals surface area contributed by atoms with Crippen LogP contribution in [-0.4, -0.2) is 16.1 Å². The minimum Gasteiger partial charge on any atom is -0.481 e. The number of carboxylic acid groups (broad SMARTS) is 1. The summed E-state index contributed by atoms with van der Waals surface area (Å²) in [6.07, 6.45) is -9.08. The van der Waals surface area contributed by atoms with Gasteiger partial charge in [-0.3, -0.25) is 9.78 Å². The highest BCUT2D eigenvalue weighted by molar-refractivity contribution is 5.70. The van der Waals surface area contributed by atoms with Gasteiger partial charge in [-0.15, -0.1) is 0 Å². The first-order valence-corrected chi connectivity index (χ1v) is 4.70. The molecule has 1 N–H and O–H groups in total. The molecule has 0 radical (unpaired) electrons. The molecule has 1 aromatic rings. The number of carbonyl (C=O) groups is 1. The number of carboxylic acids is 1. The molecule has 0 aliphatic carbocycles. The Morgan fingerprint density at radius 2 is 2.00 bits per heavy atom. The fourth-order valence-electron chi connectivity index (χ4n) is 1.40. The van der Waals surface area contributed by atoms with Crippen molar-refractivity contribution in [3.05, 3.63) is 28.6 Å². The quantitative estimate of drug-likeness (QED) is 0.858. The largest absolute Gasteiger partial charge is 0.481 e. The van der Waals surface area contributed by atoms with Crippen molar-refractivity contribution < 1.29 is 31.9 Å². The monoisotopic (exact) mass is 269 g/mol. The van der Waals surface area contributed by atoms with Crippen LogP contribution in [0.2, 0.25) is 0 Å². The highest BCUT2D eigenvalue weighted by Crippen LogP contribution is 2.36. The topological polar surface area (TPSA) is 50.2 Å². The van der Waals surface area contributed by atoms with Gasteiger partial charge in [-0.25, -0.2) is 8.78 Å². The van der Waals surface area contributed by atoms with E-state index in [1.54, 1.807) is 0 Å². The van der Waals surface area contributed by atoms with Crippen molar-refractivity contribution in [3.63, 3.8) is 0 Å². The van der Waals surface area contributed by atoms with Crippen molar-refractivity contribution in [1.29, 1.82) is 0 Å². The molecule has 1 heterocycles. The van der Waals surface area contributed by atoms with E-state index in [0.717, 1.165) is 0 Å². The fraction of sp³-hybridized carbons (Fsp3) is 0.400. The predicted octanol–water partition coefficient (Wildman–Crippen LogP) is 2.97. The average Bonchev–Trinajstić information content (AvgIpc) is 2.17. The number of pyridine rings is 1. The van der Waals surface area contributed by atoms with Gasteiger partial charge in [-0.1, -0.05) is 0 Å². The van der Waals surface area contributed by atoms with Gasteiger partial charge < -0.3 is 5.11 Å². The third-order valence-electron chi connectivity index (χ3n) is 2.20. The maximum atomic E-state index is 12.5. The molecule has 3 nitrogen and oxygen atoms in total. The molecule has 0 bridgehead atoms. The summed E-state index contributed by atoms with van der Waals surface area (Å²) in [7, 11) is 0. The van der Waals surface area contributed by atoms with Crippen LogP contribution in [0.25, 0.3) is 0 Å². The van der Waals surface area contributed by atoms with Crippen LogP contribution in [0.3, 0.4) is 0 Å². The van der Waals surface area contributed by atoms with Crippen molar-refractivity contribution in [2.45, 2.75) is 25.9 Å². The lowest BCUT2D eigenvalue weighted by Gasteiger charge is -2.14. The Hall–Kier alpha value is -1.73. The van der Waals surface area contributed by atoms with Gasteiger partial charge in [0.2, 0.25) is 0 Å². The van der Waals surface area contributed by atoms with Crippen molar-refractivity contribution in [2.75, 3.05) is 0 Å². The molecule has 0 fully saturated rings. The molecular formula is C10H8F5NO2. The van der Waals surface area contributed by atoms with Crippen LogP contribution >= 0.6 is 0 Å². The van der Waals surface area contributed by atoms with Gasteiger partial charge in [0.25, 0.3) is 6.43 Å². The van der Waals surface area contributed by atoms with Gasteiger partial charge in [-0.05, 0) is 18.6 Å². The van der Waals surface area contributed by atoms with Crippen molar-refractivity contribution in [3.8, 4) is 0 Å². The number of nitrogens with zero attached hydrogens (tertiary/aromatic N) is 1. The molecule has 0 saturated heterocycles. The van der Waals surface area contributed by atoms with Crippen molar-refractivity contribution in [1.82, 2.24) is 4.98 Å². The summed E-state index contributed by atoms with van der Waals surface area (Å²) in [4.78, 5) is 13.6. The Morgan fingerprint density at radius 3 is 2.39 bits per heavy atom. The maximum absolute atomic E-state index is 12.5. The van der Waals surface area contributed by atoms with Gasteiger partial charge in [0.15, 0.2) is 0 Å². The highest BCUT2D eigenvalue weighted by atomic mass is 19.4. The normalized spacial score (nSPS) is 11.9. The SMILES string of the molecule is Cc1nc(C(F)F)c(C(F)(F)F)cc1CC(=O)O. The summed E-state index contributed by atoms with van der Waals surface area (Å²) < 4.78 is 62.5. The van der Waals surface area contributed by atoms with Crippen LogP contribution in [-0.2, 0) is 17.4 Å². The van der Waals surface area contributed by atoms with E-state index < -0.39 is 36.2 Å². The first kappa shape index (κ1) is 14.3. The van der Waals surface area contributed by atoms with E-state index in [9.17, 15) is 26.7 Å². The van der Waals surface area contributed by atoms with Gasteiger partial charge in [0, 0.05) is 5.69 Å². The van der Waals surface area contributed by atoms with E-state index in [1.165, 1.54) is 6.92 Å². The lowest BCUT2D eigenvalue weighted by molar-refractivity contribution is -0.140. The molecule has 0 spiro atoms. The molecule has 1 rings (SSSR count). The van der Waals surface area contributed by atoms with Crippen LogP contribution in [0.1, 0.15) is 28.9 Å². The lowest BCUT2D eigenvalue weighted by Crippen LogP contribution is -2.15. The van der Waals surface area contributed by atoms with E-state index in [1.807, 2.05) is 0 Å². The standard InChI is InChI=1S/C10H8F5NO2/c1-4-5(3-7(17)18)2-6(10(13,14)15)8(16-4)9(11)12/h2,9H,3H2,1H3,(H,17,18). The number of aryl methyl sites for hydroxylation is 1. The van der Waals surface area contributed by atoms with E-state index >= 15 is 0 Å². The summed E-state index contributed by atoms with van der Waals surface area (Å²) in [5, 5.41) is 8.51. The third kappa shape index (κ3) is 3.14. The van der Waals surface area contributed by atoms with Crippen LogP contribution in [0.15, 0.2) is 6.07 Å². The number of halogens is 5. The molecule has 0 amide bonds. The van der Waals surface area contributed by atoms with Gasteiger partial charge in [-0.2, -0.15) is 13.2 Å². The molecule has 100 valence electrons. The predicted molar refractivity (Wildman–Crippen MR) is 50.3 cm³/mol. The highest BCUT2D eigenvalue weighted by Gasteiger charge is 2.37. The zero-order chi connectivity index (χ0) is 14.1. The Balaban J connectivity index is 3.40. The van der Waals surface area contributed by atoms with Crippen molar-refractivity contribution in [2.24, 2.45) is 0 Å². The number of rotatable bonds is 3. The summed E-state index contributed by atoms with van der Waals surface area (Å²) >= 11 is 0. The van der Waals surface area contributed by atoms with Gasteiger partial charge in [0.05, 0.1) is 12.0 Å². The Morgan fingerprint density at radius 1 is 1.44 bits per heavy atom. The Labute approximate surface area is 98.3 Å². The number of hydrogen-bond donors (Lipinski definition) is 1. The molecule has 18 heavy (non-hydrogen) atoms.